The van der Waals surface area contributed by atoms with Gasteiger partial charge in [0.1, 0.15) is 0 Å². The van der Waals surface area contributed by atoms with Crippen LogP contribution in [0, 0.1) is 0 Å². The molecule has 0 aromatic carbocycles. The lowest BCUT2D eigenvalue weighted by Crippen LogP contribution is -2.10. The molecular weight excluding hydrogens is 272 g/mol. The van der Waals surface area contributed by atoms with Gasteiger partial charge in [-0.15, -0.1) is 0 Å². The van der Waals surface area contributed by atoms with E-state index in [0.29, 0.717) is 5.16 Å². The first-order valence-corrected chi connectivity index (χ1v) is 7.39. The van der Waals surface area contributed by atoms with Crippen LogP contribution >= 0.6 is 11.8 Å². The lowest BCUT2D eigenvalue weighted by Gasteiger charge is -2.06. The summed E-state index contributed by atoms with van der Waals surface area (Å²) in [5.74, 6) is 0. The van der Waals surface area contributed by atoms with Crippen molar-refractivity contribution in [1.82, 2.24) is 15.0 Å². The van der Waals surface area contributed by atoms with Crippen molar-refractivity contribution in [2.24, 2.45) is 5.73 Å². The monoisotopic (exact) mass is 290 g/mol. The van der Waals surface area contributed by atoms with E-state index in [2.05, 4.69) is 21.9 Å². The second-order valence-electron chi connectivity index (χ2n) is 4.60. The average molecular weight is 290 g/mol. The van der Waals surface area contributed by atoms with Gasteiger partial charge in [-0.05, 0) is 25.5 Å². The molecule has 20 heavy (non-hydrogen) atoms. The zero-order chi connectivity index (χ0) is 14.5. The average Bonchev–Trinajstić information content (AvgIpc) is 2.39. The third-order valence-corrected chi connectivity index (χ3v) is 3.58. The maximum atomic E-state index is 11.6. The molecule has 0 spiro atoms. The molecule has 0 aliphatic rings. The fourth-order valence-corrected chi connectivity index (χ4v) is 2.53. The lowest BCUT2D eigenvalue weighted by atomic mass is 10.2. The van der Waals surface area contributed by atoms with Crippen LogP contribution in [-0.2, 0) is 6.42 Å². The molecule has 2 rings (SSSR count). The maximum Gasteiger partial charge on any atom is 0.251 e. The van der Waals surface area contributed by atoms with Crippen molar-refractivity contribution in [2.75, 3.05) is 0 Å². The predicted octanol–water partition coefficient (Wildman–Crippen LogP) is 2.29. The Morgan fingerprint density at radius 2 is 2.25 bits per heavy atom. The molecule has 0 aliphatic heterocycles. The van der Waals surface area contributed by atoms with Gasteiger partial charge in [-0.25, -0.2) is 4.98 Å². The molecule has 6 heteroatoms. The van der Waals surface area contributed by atoms with Gasteiger partial charge in [0, 0.05) is 28.9 Å². The van der Waals surface area contributed by atoms with E-state index in [1.807, 2.05) is 19.1 Å². The van der Waals surface area contributed by atoms with Gasteiger partial charge in [-0.3, -0.25) is 9.78 Å². The molecule has 2 aromatic rings. The van der Waals surface area contributed by atoms with Crippen LogP contribution < -0.4 is 11.3 Å². The van der Waals surface area contributed by atoms with E-state index in [1.54, 1.807) is 12.3 Å². The highest BCUT2D eigenvalue weighted by Crippen LogP contribution is 2.23. The Morgan fingerprint density at radius 1 is 1.45 bits per heavy atom. The van der Waals surface area contributed by atoms with Gasteiger partial charge in [0.05, 0.1) is 5.69 Å². The summed E-state index contributed by atoms with van der Waals surface area (Å²) in [6, 6.07) is 5.29. The summed E-state index contributed by atoms with van der Waals surface area (Å²) in [5, 5.41) is 0.594. The molecule has 0 radical (unpaired) electrons. The van der Waals surface area contributed by atoms with Crippen LogP contribution in [0.15, 0.2) is 39.2 Å². The molecule has 0 saturated heterocycles. The van der Waals surface area contributed by atoms with Crippen LogP contribution in [-0.4, -0.2) is 15.0 Å². The van der Waals surface area contributed by atoms with E-state index in [1.165, 1.54) is 11.8 Å². The summed E-state index contributed by atoms with van der Waals surface area (Å²) < 4.78 is 0. The Bertz CT molecular complexity index is 622. The molecule has 5 nitrogen and oxygen atoms in total. The molecule has 2 aromatic heterocycles. The van der Waals surface area contributed by atoms with Gasteiger partial charge >= 0.3 is 0 Å². The normalized spacial score (nSPS) is 12.3. The Morgan fingerprint density at radius 3 is 2.85 bits per heavy atom. The first-order valence-electron chi connectivity index (χ1n) is 6.58. The molecule has 1 atom stereocenters. The zero-order valence-corrected chi connectivity index (χ0v) is 12.4. The number of rotatable bonds is 5. The van der Waals surface area contributed by atoms with E-state index in [4.69, 9.17) is 5.73 Å². The molecule has 0 aliphatic carbocycles. The summed E-state index contributed by atoms with van der Waals surface area (Å²) in [6.45, 7) is 3.95. The highest BCUT2D eigenvalue weighted by Gasteiger charge is 2.05. The van der Waals surface area contributed by atoms with E-state index >= 15 is 0 Å². The third kappa shape index (κ3) is 3.91. The number of aryl methyl sites for hydroxylation is 1. The fourth-order valence-electron chi connectivity index (χ4n) is 1.75. The Labute approximate surface area is 122 Å². The second-order valence-corrected chi connectivity index (χ2v) is 5.66. The summed E-state index contributed by atoms with van der Waals surface area (Å²) in [7, 11) is 0. The topological polar surface area (TPSA) is 84.7 Å². The number of nitrogens with one attached hydrogen (secondary N) is 1. The van der Waals surface area contributed by atoms with E-state index in [0.717, 1.165) is 29.1 Å². The highest BCUT2D eigenvalue weighted by atomic mass is 32.2. The van der Waals surface area contributed by atoms with Crippen molar-refractivity contribution in [3.63, 3.8) is 0 Å². The molecule has 0 amide bonds. The second kappa shape index (κ2) is 6.67. The van der Waals surface area contributed by atoms with Gasteiger partial charge in [-0.2, -0.15) is 0 Å². The minimum atomic E-state index is -0.119. The van der Waals surface area contributed by atoms with Gasteiger partial charge in [0.25, 0.3) is 5.56 Å². The smallest absolute Gasteiger partial charge is 0.251 e. The molecule has 106 valence electrons. The fraction of sp³-hybridized carbons (Fsp3) is 0.357. The van der Waals surface area contributed by atoms with Crippen molar-refractivity contribution in [3.05, 3.63) is 46.1 Å². The Balaban J connectivity index is 2.18. The maximum absolute atomic E-state index is 11.6. The largest absolute Gasteiger partial charge is 0.323 e. The molecule has 0 fully saturated rings. The number of H-pyrrole nitrogens is 1. The summed E-state index contributed by atoms with van der Waals surface area (Å²) in [5.41, 5.74) is 7.30. The number of nitrogens with zero attached hydrogens (tertiary/aromatic N) is 2. The third-order valence-electron chi connectivity index (χ3n) is 2.72. The number of hydrogen-bond donors (Lipinski definition) is 2. The Hall–Kier alpha value is -1.66. The highest BCUT2D eigenvalue weighted by molar-refractivity contribution is 7.99. The van der Waals surface area contributed by atoms with Gasteiger partial charge in [0.2, 0.25) is 0 Å². The molecule has 2 heterocycles. The first kappa shape index (κ1) is 14.7. The number of aromatic nitrogens is 3. The Kier molecular flexibility index (Phi) is 4.92. The number of aromatic amines is 1. The van der Waals surface area contributed by atoms with Crippen LogP contribution in [0.2, 0.25) is 0 Å². The van der Waals surface area contributed by atoms with Gasteiger partial charge in [0.15, 0.2) is 5.16 Å². The minimum Gasteiger partial charge on any atom is -0.323 e. The number of nitrogens with two attached hydrogens (primary N) is 1. The van der Waals surface area contributed by atoms with E-state index < -0.39 is 0 Å². The van der Waals surface area contributed by atoms with Crippen molar-refractivity contribution >= 4 is 11.8 Å². The SMILES string of the molecule is CCCc1cc(=O)[nH]c(Sc2ccc([C@H](C)N)nc2)n1. The number of pyridine rings is 1. The lowest BCUT2D eigenvalue weighted by molar-refractivity contribution is 0.777. The van der Waals surface area contributed by atoms with Crippen molar-refractivity contribution < 1.29 is 0 Å². The molecule has 3 N–H and O–H groups in total. The summed E-state index contributed by atoms with van der Waals surface area (Å²) >= 11 is 1.39. The standard InChI is InChI=1S/C14H18N4OS/c1-3-4-10-7-13(19)18-14(17-10)20-11-5-6-12(9(2)15)16-8-11/h5-9H,3-4,15H2,1-2H3,(H,17,18,19)/t9-/m0/s1. The van der Waals surface area contributed by atoms with Crippen LogP contribution in [0.5, 0.6) is 0 Å². The molecule has 0 saturated carbocycles. The van der Waals surface area contributed by atoms with Crippen molar-refractivity contribution in [1.29, 1.82) is 0 Å². The first-order chi connectivity index (χ1) is 9.58. The molecule has 0 unspecified atom stereocenters. The van der Waals surface area contributed by atoms with Crippen LogP contribution in [0.1, 0.15) is 37.7 Å². The van der Waals surface area contributed by atoms with Gasteiger partial charge in [-0.1, -0.05) is 25.1 Å². The zero-order valence-electron chi connectivity index (χ0n) is 11.6. The van der Waals surface area contributed by atoms with E-state index in [9.17, 15) is 4.79 Å². The number of hydrogen-bond acceptors (Lipinski definition) is 5. The van der Waals surface area contributed by atoms with Crippen LogP contribution in [0.25, 0.3) is 0 Å². The van der Waals surface area contributed by atoms with Crippen molar-refractivity contribution in [3.8, 4) is 0 Å². The van der Waals surface area contributed by atoms with Crippen LogP contribution in [0.3, 0.4) is 0 Å². The van der Waals surface area contributed by atoms with Crippen molar-refractivity contribution in [2.45, 2.75) is 42.8 Å². The summed E-state index contributed by atoms with van der Waals surface area (Å²) in [4.78, 5) is 24.0. The quantitative estimate of drug-likeness (QED) is 0.825. The van der Waals surface area contributed by atoms with Gasteiger partial charge < -0.3 is 10.7 Å². The van der Waals surface area contributed by atoms with E-state index in [-0.39, 0.29) is 11.6 Å². The molecule has 0 bridgehead atoms. The van der Waals surface area contributed by atoms with Crippen LogP contribution in [0.4, 0.5) is 0 Å². The minimum absolute atomic E-state index is 0.0835. The molecular formula is C14H18N4OS. The summed E-state index contributed by atoms with van der Waals surface area (Å²) in [6.07, 6.45) is 3.51. The predicted molar refractivity (Wildman–Crippen MR) is 79.8 cm³/mol.